The number of aliphatic hydroxyl groups excluding tert-OH is 1. The molecule has 2 N–H and O–H groups in total. The lowest BCUT2D eigenvalue weighted by atomic mass is 9.74. The van der Waals surface area contributed by atoms with E-state index < -0.39 is 0 Å². The van der Waals surface area contributed by atoms with Crippen molar-refractivity contribution in [2.75, 3.05) is 63.6 Å². The summed E-state index contributed by atoms with van der Waals surface area (Å²) in [6.07, 6.45) is 6.07. The summed E-state index contributed by atoms with van der Waals surface area (Å²) in [5.41, 5.74) is 3.56. The molecule has 2 aromatic heterocycles. The molecule has 9 nitrogen and oxygen atoms in total. The number of aliphatic hydroxyl groups is 1. The third kappa shape index (κ3) is 4.53. The number of nitrogens with one attached hydrogen (secondary N) is 1. The largest absolute Gasteiger partial charge is 0.395 e. The molecule has 192 valence electrons. The molecule has 1 saturated heterocycles. The highest BCUT2D eigenvalue weighted by Gasteiger charge is 2.41. The molecule has 0 bridgehead atoms. The summed E-state index contributed by atoms with van der Waals surface area (Å²) in [4.78, 5) is 28.8. The van der Waals surface area contributed by atoms with E-state index in [1.165, 1.54) is 12.1 Å². The van der Waals surface area contributed by atoms with Gasteiger partial charge in [0.25, 0.3) is 5.91 Å². The predicted octanol–water partition coefficient (Wildman–Crippen LogP) is 3.28. The van der Waals surface area contributed by atoms with Crippen LogP contribution < -0.4 is 10.2 Å². The van der Waals surface area contributed by atoms with Gasteiger partial charge in [-0.1, -0.05) is 6.92 Å². The first-order chi connectivity index (χ1) is 17.4. The van der Waals surface area contributed by atoms with E-state index in [4.69, 9.17) is 10.1 Å². The fraction of sp³-hybridized carbons (Fsp3) is 0.519. The molecule has 0 radical (unpaired) electrons. The minimum atomic E-state index is -0.0583. The molecule has 0 spiro atoms. The quantitative estimate of drug-likeness (QED) is 0.500. The van der Waals surface area contributed by atoms with Gasteiger partial charge in [-0.05, 0) is 56.0 Å². The summed E-state index contributed by atoms with van der Waals surface area (Å²) in [6.45, 7) is 6.99. The Bertz CT molecular complexity index is 1200. The van der Waals surface area contributed by atoms with Gasteiger partial charge in [-0.2, -0.15) is 4.98 Å². The maximum absolute atomic E-state index is 13.0. The predicted molar refractivity (Wildman–Crippen MR) is 143 cm³/mol. The molecule has 0 unspecified atom stereocenters. The summed E-state index contributed by atoms with van der Waals surface area (Å²) in [6, 6.07) is 10.3. The third-order valence-electron chi connectivity index (χ3n) is 7.86. The van der Waals surface area contributed by atoms with Crippen LogP contribution in [0.2, 0.25) is 0 Å². The van der Waals surface area contributed by atoms with Crippen LogP contribution in [-0.2, 0) is 5.54 Å². The van der Waals surface area contributed by atoms with Gasteiger partial charge in [0.15, 0.2) is 0 Å². The Morgan fingerprint density at radius 2 is 1.86 bits per heavy atom. The normalized spacial score (nSPS) is 17.7. The van der Waals surface area contributed by atoms with E-state index in [1.807, 2.05) is 12.3 Å². The van der Waals surface area contributed by atoms with E-state index in [-0.39, 0.29) is 18.1 Å². The number of fused-ring (bicyclic) bond motifs is 1. The van der Waals surface area contributed by atoms with Crippen LogP contribution in [-0.4, -0.2) is 88.8 Å². The highest BCUT2D eigenvalue weighted by molar-refractivity contribution is 5.98. The zero-order chi connectivity index (χ0) is 25.3. The molecule has 1 aliphatic heterocycles. The lowest BCUT2D eigenvalue weighted by Crippen LogP contribution is -2.47. The highest BCUT2D eigenvalue weighted by Crippen LogP contribution is 2.45. The Morgan fingerprint density at radius 1 is 1.14 bits per heavy atom. The molecule has 1 aromatic carbocycles. The van der Waals surface area contributed by atoms with Gasteiger partial charge in [-0.3, -0.25) is 9.69 Å². The van der Waals surface area contributed by atoms with Crippen LogP contribution in [0.15, 0.2) is 36.5 Å². The minimum absolute atomic E-state index is 0.00461. The van der Waals surface area contributed by atoms with Crippen LogP contribution >= 0.6 is 0 Å². The molecule has 3 aromatic rings. The Morgan fingerprint density at radius 3 is 2.44 bits per heavy atom. The smallest absolute Gasteiger partial charge is 0.270 e. The van der Waals surface area contributed by atoms with E-state index in [0.29, 0.717) is 11.6 Å². The van der Waals surface area contributed by atoms with E-state index in [2.05, 4.69) is 55.9 Å². The second-order valence-corrected chi connectivity index (χ2v) is 10.2. The summed E-state index contributed by atoms with van der Waals surface area (Å²) in [7, 11) is 3.59. The maximum atomic E-state index is 13.0. The number of rotatable bonds is 8. The SMILES string of the molecule is CCC1(n2c(C(=O)N(C)C)cc3cnc(Nc4ccc(N5CCN(CCO)CC5)cc4)nc32)CCC1. The number of carbonyl (C=O) groups excluding carboxylic acids is 1. The number of nitrogens with zero attached hydrogens (tertiary/aromatic N) is 6. The minimum Gasteiger partial charge on any atom is -0.395 e. The molecule has 2 aliphatic rings. The van der Waals surface area contributed by atoms with Crippen LogP contribution in [0.3, 0.4) is 0 Å². The van der Waals surface area contributed by atoms with Gasteiger partial charge in [-0.15, -0.1) is 0 Å². The molecular weight excluding hydrogens is 454 g/mol. The van der Waals surface area contributed by atoms with E-state index in [9.17, 15) is 4.79 Å². The van der Waals surface area contributed by atoms with Gasteiger partial charge >= 0.3 is 0 Å². The lowest BCUT2D eigenvalue weighted by molar-refractivity contribution is 0.0780. The first kappa shape index (κ1) is 24.5. The standard InChI is InChI=1S/C27H37N7O2/c1-4-27(10-5-11-27)34-23(25(36)31(2)3)18-20-19-28-26(30-24(20)34)29-21-6-8-22(9-7-21)33-14-12-32(13-15-33)16-17-35/h6-9,18-19,35H,4-5,10-17H2,1-3H3,(H,28,29,30). The topological polar surface area (TPSA) is 89.8 Å². The van der Waals surface area contributed by atoms with Crippen molar-refractivity contribution in [2.45, 2.75) is 38.1 Å². The number of β-amino-alcohol motifs (C(OH)–C–C–N with tert-alkyl or cyclic N) is 1. The molecule has 2 fully saturated rings. The summed E-state index contributed by atoms with van der Waals surface area (Å²) >= 11 is 0. The third-order valence-corrected chi connectivity index (χ3v) is 7.86. The van der Waals surface area contributed by atoms with Gasteiger partial charge in [0.05, 0.1) is 6.61 Å². The van der Waals surface area contributed by atoms with Crippen LogP contribution in [0.1, 0.15) is 43.1 Å². The van der Waals surface area contributed by atoms with Crippen LogP contribution in [0.25, 0.3) is 11.0 Å². The zero-order valence-corrected chi connectivity index (χ0v) is 21.6. The van der Waals surface area contributed by atoms with Crippen LogP contribution in [0, 0.1) is 0 Å². The first-order valence-electron chi connectivity index (χ1n) is 13.0. The molecule has 5 rings (SSSR count). The second kappa shape index (κ2) is 10.1. The number of hydrogen-bond acceptors (Lipinski definition) is 7. The van der Waals surface area contributed by atoms with Crippen LogP contribution in [0.4, 0.5) is 17.3 Å². The van der Waals surface area contributed by atoms with Crippen molar-refractivity contribution in [3.63, 3.8) is 0 Å². The number of hydrogen-bond donors (Lipinski definition) is 2. The van der Waals surface area contributed by atoms with Crippen molar-refractivity contribution in [3.8, 4) is 0 Å². The molecular formula is C27H37N7O2. The average Bonchev–Trinajstić information content (AvgIpc) is 3.23. The van der Waals surface area contributed by atoms with E-state index in [1.54, 1.807) is 19.0 Å². The van der Waals surface area contributed by atoms with Crippen molar-refractivity contribution in [1.29, 1.82) is 0 Å². The fourth-order valence-electron chi connectivity index (χ4n) is 5.49. The summed E-state index contributed by atoms with van der Waals surface area (Å²) < 4.78 is 2.18. The lowest BCUT2D eigenvalue weighted by Gasteiger charge is -2.44. The van der Waals surface area contributed by atoms with Gasteiger partial charge in [0, 0.05) is 75.3 Å². The van der Waals surface area contributed by atoms with Crippen molar-refractivity contribution in [3.05, 3.63) is 42.2 Å². The summed E-state index contributed by atoms with van der Waals surface area (Å²) in [5.74, 6) is 0.525. The van der Waals surface area contributed by atoms with Gasteiger partial charge < -0.3 is 24.8 Å². The van der Waals surface area contributed by atoms with Crippen molar-refractivity contribution >= 4 is 34.3 Å². The molecule has 3 heterocycles. The molecule has 36 heavy (non-hydrogen) atoms. The van der Waals surface area contributed by atoms with Crippen LogP contribution in [0.5, 0.6) is 0 Å². The van der Waals surface area contributed by atoms with Crippen molar-refractivity contribution in [1.82, 2.24) is 24.3 Å². The number of benzene rings is 1. The molecule has 1 amide bonds. The highest BCUT2D eigenvalue weighted by atomic mass is 16.3. The molecule has 1 saturated carbocycles. The molecule has 0 atom stereocenters. The monoisotopic (exact) mass is 491 g/mol. The zero-order valence-electron chi connectivity index (χ0n) is 21.6. The van der Waals surface area contributed by atoms with Gasteiger partial charge in [0.2, 0.25) is 5.95 Å². The maximum Gasteiger partial charge on any atom is 0.270 e. The second-order valence-electron chi connectivity index (χ2n) is 10.2. The number of carbonyl (C=O) groups is 1. The number of anilines is 3. The number of amides is 1. The fourth-order valence-corrected chi connectivity index (χ4v) is 5.49. The first-order valence-corrected chi connectivity index (χ1v) is 13.0. The van der Waals surface area contributed by atoms with Crippen molar-refractivity contribution in [2.24, 2.45) is 0 Å². The Kier molecular flexibility index (Phi) is 6.85. The van der Waals surface area contributed by atoms with Gasteiger partial charge in [-0.25, -0.2) is 4.98 Å². The Hall–Kier alpha value is -3.17. The number of aromatic nitrogens is 3. The molecule has 1 aliphatic carbocycles. The van der Waals surface area contributed by atoms with Crippen molar-refractivity contribution < 1.29 is 9.90 Å². The summed E-state index contributed by atoms with van der Waals surface area (Å²) in [5, 5.41) is 13.4. The molecule has 9 heteroatoms. The average molecular weight is 492 g/mol. The number of piperazine rings is 1. The Balaban J connectivity index is 1.38. The van der Waals surface area contributed by atoms with E-state index >= 15 is 0 Å². The van der Waals surface area contributed by atoms with Gasteiger partial charge in [0.1, 0.15) is 11.3 Å². The van der Waals surface area contributed by atoms with E-state index in [0.717, 1.165) is 68.7 Å². The Labute approximate surface area is 212 Å².